The normalized spacial score (nSPS) is 9.00. The van der Waals surface area contributed by atoms with Crippen molar-refractivity contribution in [1.29, 1.82) is 0 Å². The van der Waals surface area contributed by atoms with Gasteiger partial charge in [0.15, 0.2) is 0 Å². The molecule has 24 heavy (non-hydrogen) atoms. The zero-order chi connectivity index (χ0) is 15.9. The molecule has 0 unspecified atom stereocenters. The van der Waals surface area contributed by atoms with E-state index in [1.807, 2.05) is 0 Å². The van der Waals surface area contributed by atoms with Crippen molar-refractivity contribution in [3.05, 3.63) is 83.9 Å². The van der Waals surface area contributed by atoms with E-state index in [0.717, 1.165) is 0 Å². The Hall–Kier alpha value is -1.38. The minimum absolute atomic E-state index is 0. The molecular weight excluding hydrogens is 398 g/mol. The Labute approximate surface area is 158 Å². The zero-order valence-corrected chi connectivity index (χ0v) is 17.1. The maximum absolute atomic E-state index is 3.06. The molecule has 0 saturated carbocycles. The first-order valence-corrected chi connectivity index (χ1v) is 11.4. The number of hydrogen-bond donors (Lipinski definition) is 0. The molecule has 2 radical (unpaired) electrons. The van der Waals surface area contributed by atoms with Crippen LogP contribution >= 0.6 is 0 Å². The Morgan fingerprint density at radius 1 is 0.792 bits per heavy atom. The third kappa shape index (κ3) is 5.32. The largest absolute Gasteiger partial charge is 0.126 e. The maximum Gasteiger partial charge on any atom is -0.0771 e. The molecule has 0 spiro atoms. The Morgan fingerprint density at radius 2 is 1.25 bits per heavy atom. The maximum atomic E-state index is 3.06. The minimum Gasteiger partial charge on any atom is -0.126 e. The molecule has 0 bridgehead atoms. The summed E-state index contributed by atoms with van der Waals surface area (Å²) in [6, 6.07) is 25.6. The molecule has 0 fully saturated rings. The molecular formula is C20H18F2SiZr-2. The predicted molar refractivity (Wildman–Crippen MR) is 94.3 cm³/mol. The van der Waals surface area contributed by atoms with Crippen LogP contribution in [0.5, 0.6) is 0 Å². The van der Waals surface area contributed by atoms with Gasteiger partial charge in [-0.15, -0.1) is 39.7 Å². The van der Waals surface area contributed by atoms with Crippen molar-refractivity contribution in [3.63, 3.8) is 0 Å². The average Bonchev–Trinajstić information content (AvgIpc) is 3.13. The van der Waals surface area contributed by atoms with E-state index in [1.165, 1.54) is 56.0 Å². The molecule has 0 aliphatic heterocycles. The Balaban J connectivity index is 0.000000419. The van der Waals surface area contributed by atoms with E-state index in [9.17, 15) is 0 Å². The third-order valence-corrected chi connectivity index (χ3v) is 3.84. The van der Waals surface area contributed by atoms with E-state index < -0.39 is 0 Å². The summed E-state index contributed by atoms with van der Waals surface area (Å²) >= 11 is 1.36. The van der Waals surface area contributed by atoms with Gasteiger partial charge in [-0.1, -0.05) is 50.2 Å². The third-order valence-electron chi connectivity index (χ3n) is 3.84. The first-order valence-electron chi connectivity index (χ1n) is 7.23. The van der Waals surface area contributed by atoms with E-state index in [1.54, 1.807) is 0 Å². The van der Waals surface area contributed by atoms with Crippen molar-refractivity contribution < 1.29 is 32.7 Å². The summed E-state index contributed by atoms with van der Waals surface area (Å²) in [6.45, 7) is 7.30. The quantitative estimate of drug-likeness (QED) is 0.265. The van der Waals surface area contributed by atoms with Gasteiger partial charge in [0.05, 0.1) is 0 Å². The Bertz CT molecular complexity index is 797. The molecule has 0 heterocycles. The first-order chi connectivity index (χ1) is 10.8. The second-order valence-electron chi connectivity index (χ2n) is 5.21. The van der Waals surface area contributed by atoms with Gasteiger partial charge in [-0.25, -0.2) is 12.1 Å². The SMILES string of the molecule is Cc1ccc[c-]1C.[F-].[F-].[Si]=[Zr+2].c1ccc2c(c1)[cH-]c1ccccc12. The van der Waals surface area contributed by atoms with Crippen LogP contribution in [0.1, 0.15) is 11.1 Å². The van der Waals surface area contributed by atoms with Crippen LogP contribution in [-0.2, 0) is 23.3 Å². The van der Waals surface area contributed by atoms with Gasteiger partial charge in [0.2, 0.25) is 0 Å². The van der Waals surface area contributed by atoms with Crippen molar-refractivity contribution in [2.75, 3.05) is 0 Å². The number of aryl methyl sites for hydroxylation is 2. The van der Waals surface area contributed by atoms with Gasteiger partial charge < -0.3 is 9.41 Å². The number of benzene rings is 2. The van der Waals surface area contributed by atoms with Crippen LogP contribution in [0.2, 0.25) is 0 Å². The minimum atomic E-state index is 0. The fourth-order valence-electron chi connectivity index (χ4n) is 2.50. The van der Waals surface area contributed by atoms with Crippen LogP contribution in [0.15, 0.2) is 72.8 Å². The smallest absolute Gasteiger partial charge is 0.0771 e. The first kappa shape index (κ1) is 22.6. The zero-order valence-electron chi connectivity index (χ0n) is 13.7. The van der Waals surface area contributed by atoms with Crippen molar-refractivity contribution in [1.82, 2.24) is 0 Å². The summed E-state index contributed by atoms with van der Waals surface area (Å²) in [7, 11) is 0. The molecule has 122 valence electrons. The number of rotatable bonds is 0. The van der Waals surface area contributed by atoms with E-state index in [2.05, 4.69) is 93.5 Å². The van der Waals surface area contributed by atoms with Crippen molar-refractivity contribution in [2.24, 2.45) is 0 Å². The Morgan fingerprint density at radius 3 is 1.58 bits per heavy atom. The number of fused-ring (bicyclic) bond motifs is 3. The van der Waals surface area contributed by atoms with Crippen molar-refractivity contribution >= 4 is 28.4 Å². The van der Waals surface area contributed by atoms with Crippen LogP contribution in [0, 0.1) is 13.8 Å². The van der Waals surface area contributed by atoms with Gasteiger partial charge >= 0.3 is 30.2 Å². The second kappa shape index (κ2) is 11.2. The van der Waals surface area contributed by atoms with Gasteiger partial charge in [-0.3, -0.25) is 0 Å². The van der Waals surface area contributed by atoms with Crippen LogP contribution in [-0.4, -0.2) is 6.88 Å². The van der Waals surface area contributed by atoms with Crippen LogP contribution < -0.4 is 9.41 Å². The van der Waals surface area contributed by atoms with Gasteiger partial charge in [-0.05, 0) is 0 Å². The summed E-state index contributed by atoms with van der Waals surface area (Å²) in [4.78, 5) is 0. The van der Waals surface area contributed by atoms with Gasteiger partial charge in [0.25, 0.3) is 0 Å². The number of halogens is 2. The molecule has 0 aliphatic carbocycles. The summed E-state index contributed by atoms with van der Waals surface area (Å²) < 4.78 is 0. The van der Waals surface area contributed by atoms with Crippen LogP contribution in [0.4, 0.5) is 0 Å². The van der Waals surface area contributed by atoms with Crippen molar-refractivity contribution in [2.45, 2.75) is 13.8 Å². The van der Waals surface area contributed by atoms with E-state index in [-0.39, 0.29) is 9.41 Å². The fraction of sp³-hybridized carbons (Fsp3) is 0.100. The second-order valence-corrected chi connectivity index (χ2v) is 5.21. The Kier molecular flexibility index (Phi) is 10.6. The molecule has 0 nitrogen and oxygen atoms in total. The molecule has 4 rings (SSSR count). The molecule has 0 aliphatic rings. The van der Waals surface area contributed by atoms with E-state index in [4.69, 9.17) is 0 Å². The summed E-state index contributed by atoms with van der Waals surface area (Å²) in [6.07, 6.45) is 0. The monoisotopic (exact) mass is 414 g/mol. The average molecular weight is 416 g/mol. The van der Waals surface area contributed by atoms with Gasteiger partial charge in [0.1, 0.15) is 0 Å². The molecule has 0 aromatic heterocycles. The molecule has 0 N–H and O–H groups in total. The molecule has 4 aromatic carbocycles. The molecule has 0 saturated heterocycles. The fourth-order valence-corrected chi connectivity index (χ4v) is 2.50. The predicted octanol–water partition coefficient (Wildman–Crippen LogP) is -0.641. The number of hydrogen-bond acceptors (Lipinski definition) is 0. The van der Waals surface area contributed by atoms with Gasteiger partial charge in [0, 0.05) is 0 Å². The molecule has 0 amide bonds. The summed E-state index contributed by atoms with van der Waals surface area (Å²) in [5, 5.41) is 5.39. The van der Waals surface area contributed by atoms with E-state index >= 15 is 0 Å². The van der Waals surface area contributed by atoms with Crippen molar-refractivity contribution in [3.8, 4) is 0 Å². The molecule has 4 aromatic rings. The summed E-state index contributed by atoms with van der Waals surface area (Å²) in [5.74, 6) is 0. The van der Waals surface area contributed by atoms with Crippen LogP contribution in [0.25, 0.3) is 21.5 Å². The molecule has 4 heteroatoms. The topological polar surface area (TPSA) is 0 Å². The standard InChI is InChI=1S/C13H9.C7H9.2FH.Si.Zr/c1-3-7-12-10(5-1)9-11-6-2-4-8-13(11)12;1-6-4-3-5-7(6)2;;;;/h1-9H;3-5H,1-2H3;2*1H;;/q2*-1;;;;+2/p-2. The van der Waals surface area contributed by atoms with E-state index in [0.29, 0.717) is 0 Å². The van der Waals surface area contributed by atoms with Crippen LogP contribution in [0.3, 0.4) is 0 Å². The van der Waals surface area contributed by atoms with Gasteiger partial charge in [-0.2, -0.15) is 17.2 Å². The summed E-state index contributed by atoms with van der Waals surface area (Å²) in [5.41, 5.74) is 2.78. The molecule has 0 atom stereocenters.